The molecule has 3 rings (SSSR count). The number of imide groups is 1. The predicted octanol–water partition coefficient (Wildman–Crippen LogP) is 3.35. The molecule has 164 valence electrons. The van der Waals surface area contributed by atoms with Crippen molar-refractivity contribution in [2.75, 3.05) is 14.2 Å². The van der Waals surface area contributed by atoms with Gasteiger partial charge in [-0.2, -0.15) is 0 Å². The zero-order valence-electron chi connectivity index (χ0n) is 17.8. The molecule has 2 heterocycles. The fraction of sp³-hybridized carbons (Fsp3) is 0.318. The first-order chi connectivity index (χ1) is 14.9. The Morgan fingerprint density at radius 2 is 1.97 bits per heavy atom. The number of benzene rings is 1. The van der Waals surface area contributed by atoms with Crippen LogP contribution in [0.15, 0.2) is 40.4 Å². The van der Waals surface area contributed by atoms with E-state index in [1.807, 2.05) is 13.8 Å². The van der Waals surface area contributed by atoms with Crippen LogP contribution in [0, 0.1) is 0 Å². The van der Waals surface area contributed by atoms with Crippen molar-refractivity contribution in [3.63, 3.8) is 0 Å². The van der Waals surface area contributed by atoms with Crippen LogP contribution >= 0.6 is 0 Å². The second kappa shape index (κ2) is 9.38. The Morgan fingerprint density at radius 3 is 2.65 bits per heavy atom. The molecule has 9 nitrogen and oxygen atoms in total. The molecule has 1 N–H and O–H groups in total. The molecule has 9 heteroatoms. The molecule has 1 aromatic heterocycles. The quantitative estimate of drug-likeness (QED) is 0.390. The van der Waals surface area contributed by atoms with Gasteiger partial charge in [0.15, 0.2) is 11.5 Å². The summed E-state index contributed by atoms with van der Waals surface area (Å²) in [6, 6.07) is 7.59. The van der Waals surface area contributed by atoms with Crippen molar-refractivity contribution in [2.24, 2.45) is 0 Å². The van der Waals surface area contributed by atoms with Gasteiger partial charge in [0.05, 0.1) is 26.9 Å². The normalized spacial score (nSPS) is 15.7. The Bertz CT molecular complexity index is 1020. The number of nitrogens with zero attached hydrogens (tertiary/aromatic N) is 1. The van der Waals surface area contributed by atoms with Gasteiger partial charge >= 0.3 is 12.0 Å². The summed E-state index contributed by atoms with van der Waals surface area (Å²) in [5, 5.41) is 2.55. The van der Waals surface area contributed by atoms with Crippen LogP contribution in [0.3, 0.4) is 0 Å². The summed E-state index contributed by atoms with van der Waals surface area (Å²) in [4.78, 5) is 37.5. The van der Waals surface area contributed by atoms with E-state index in [9.17, 15) is 14.4 Å². The third kappa shape index (κ3) is 4.88. The summed E-state index contributed by atoms with van der Waals surface area (Å²) in [6.45, 7) is 3.86. The number of amides is 3. The molecule has 1 aliphatic rings. The van der Waals surface area contributed by atoms with E-state index in [-0.39, 0.29) is 29.9 Å². The molecule has 1 saturated heterocycles. The lowest BCUT2D eigenvalue weighted by Crippen LogP contribution is -2.30. The first kappa shape index (κ1) is 21.9. The van der Waals surface area contributed by atoms with Gasteiger partial charge in [-0.05, 0) is 49.2 Å². The lowest BCUT2D eigenvalue weighted by atomic mass is 10.1. The molecular formula is C22H24N2O7. The van der Waals surface area contributed by atoms with Crippen LogP contribution in [-0.4, -0.2) is 43.1 Å². The average molecular weight is 428 g/mol. The lowest BCUT2D eigenvalue weighted by Gasteiger charge is -2.15. The maximum Gasteiger partial charge on any atom is 0.373 e. The molecule has 1 atom stereocenters. The summed E-state index contributed by atoms with van der Waals surface area (Å²) in [6.07, 6.45) is 2.43. The number of carbonyl (C=O) groups is 3. The number of ether oxygens (including phenoxy) is 3. The lowest BCUT2D eigenvalue weighted by molar-refractivity contribution is -0.123. The number of urea groups is 1. The third-order valence-corrected chi connectivity index (χ3v) is 4.73. The Kier molecular flexibility index (Phi) is 6.64. The van der Waals surface area contributed by atoms with E-state index in [2.05, 4.69) is 10.1 Å². The Balaban J connectivity index is 1.76. The average Bonchev–Trinajstić information content (AvgIpc) is 3.34. The minimum absolute atomic E-state index is 0.00730. The van der Waals surface area contributed by atoms with Gasteiger partial charge in [0.25, 0.3) is 5.91 Å². The highest BCUT2D eigenvalue weighted by Gasteiger charge is 2.34. The van der Waals surface area contributed by atoms with Gasteiger partial charge in [-0.15, -0.1) is 0 Å². The highest BCUT2D eigenvalue weighted by Crippen LogP contribution is 2.30. The molecule has 0 bridgehead atoms. The van der Waals surface area contributed by atoms with Crippen molar-refractivity contribution in [1.82, 2.24) is 10.2 Å². The van der Waals surface area contributed by atoms with Gasteiger partial charge < -0.3 is 23.9 Å². The fourth-order valence-corrected chi connectivity index (χ4v) is 2.88. The molecule has 1 aliphatic heterocycles. The van der Waals surface area contributed by atoms with Crippen molar-refractivity contribution in [3.8, 4) is 11.5 Å². The van der Waals surface area contributed by atoms with Gasteiger partial charge in [0.1, 0.15) is 11.5 Å². The topological polar surface area (TPSA) is 107 Å². The van der Waals surface area contributed by atoms with Gasteiger partial charge in [0.2, 0.25) is 5.76 Å². The Morgan fingerprint density at radius 1 is 1.19 bits per heavy atom. The molecule has 1 aromatic carbocycles. The largest absolute Gasteiger partial charge is 0.493 e. The highest BCUT2D eigenvalue weighted by atomic mass is 16.5. The van der Waals surface area contributed by atoms with Crippen molar-refractivity contribution in [3.05, 3.63) is 53.1 Å². The van der Waals surface area contributed by atoms with Crippen LogP contribution in [0.25, 0.3) is 6.08 Å². The highest BCUT2D eigenvalue weighted by molar-refractivity contribution is 6.13. The zero-order chi connectivity index (χ0) is 22.5. The Labute approximate surface area is 179 Å². The maximum atomic E-state index is 12.7. The molecule has 0 spiro atoms. The van der Waals surface area contributed by atoms with Crippen LogP contribution in [0.5, 0.6) is 11.5 Å². The molecule has 1 fully saturated rings. The number of hydrogen-bond acceptors (Lipinski definition) is 7. The first-order valence-electron chi connectivity index (χ1n) is 9.72. The van der Waals surface area contributed by atoms with E-state index in [1.165, 1.54) is 26.4 Å². The smallest absolute Gasteiger partial charge is 0.373 e. The second-order valence-corrected chi connectivity index (χ2v) is 6.88. The third-order valence-electron chi connectivity index (χ3n) is 4.73. The number of methoxy groups -OCH3 is 2. The molecular weight excluding hydrogens is 404 g/mol. The van der Waals surface area contributed by atoms with Crippen molar-refractivity contribution < 1.29 is 33.0 Å². The van der Waals surface area contributed by atoms with Crippen molar-refractivity contribution >= 4 is 24.0 Å². The molecule has 3 amide bonds. The van der Waals surface area contributed by atoms with Crippen LogP contribution in [0.2, 0.25) is 0 Å². The number of rotatable bonds is 8. The number of nitrogens with one attached hydrogen (secondary N) is 1. The van der Waals surface area contributed by atoms with E-state index < -0.39 is 17.9 Å². The van der Waals surface area contributed by atoms with E-state index in [0.29, 0.717) is 17.1 Å². The van der Waals surface area contributed by atoms with E-state index in [1.54, 1.807) is 24.3 Å². The number of carbonyl (C=O) groups excluding carboxylic acids is 3. The summed E-state index contributed by atoms with van der Waals surface area (Å²) in [5.41, 5.74) is 0.771. The number of esters is 1. The van der Waals surface area contributed by atoms with E-state index in [0.717, 1.165) is 11.3 Å². The SMILES string of the molecule is CC[C@H](C)Oc1ccc(/C=C2\NC(=O)N(Cc3ccc(C(=O)OC)o3)C2=O)cc1OC. The van der Waals surface area contributed by atoms with Gasteiger partial charge in [-0.25, -0.2) is 9.59 Å². The van der Waals surface area contributed by atoms with Gasteiger partial charge in [0, 0.05) is 0 Å². The van der Waals surface area contributed by atoms with Gasteiger partial charge in [-0.1, -0.05) is 13.0 Å². The molecule has 0 aliphatic carbocycles. The fourth-order valence-electron chi connectivity index (χ4n) is 2.88. The number of furan rings is 1. The zero-order valence-corrected chi connectivity index (χ0v) is 17.8. The van der Waals surface area contributed by atoms with E-state index in [4.69, 9.17) is 13.9 Å². The molecule has 31 heavy (non-hydrogen) atoms. The van der Waals surface area contributed by atoms with Crippen LogP contribution < -0.4 is 14.8 Å². The van der Waals surface area contributed by atoms with Crippen LogP contribution in [0.1, 0.15) is 42.1 Å². The molecule has 2 aromatic rings. The summed E-state index contributed by atoms with van der Waals surface area (Å²) in [7, 11) is 2.77. The summed E-state index contributed by atoms with van der Waals surface area (Å²) in [5.74, 6) is 0.236. The standard InChI is InChI=1S/C22H24N2O7/c1-5-13(2)30-17-8-6-14(11-19(17)28-3)10-16-20(25)24(22(27)23-16)12-15-7-9-18(31-15)21(26)29-4/h6-11,13H,5,12H2,1-4H3,(H,23,27)/b16-10-/t13-/m0/s1. The van der Waals surface area contributed by atoms with E-state index >= 15 is 0 Å². The van der Waals surface area contributed by atoms with Gasteiger partial charge in [-0.3, -0.25) is 9.69 Å². The van der Waals surface area contributed by atoms with Crippen LogP contribution in [0.4, 0.5) is 4.79 Å². The minimum atomic E-state index is -0.640. The second-order valence-electron chi connectivity index (χ2n) is 6.88. The summed E-state index contributed by atoms with van der Waals surface area (Å²) < 4.78 is 21.1. The number of hydrogen-bond donors (Lipinski definition) is 1. The molecule has 0 unspecified atom stereocenters. The van der Waals surface area contributed by atoms with Crippen molar-refractivity contribution in [2.45, 2.75) is 32.9 Å². The first-order valence-corrected chi connectivity index (χ1v) is 9.72. The predicted molar refractivity (Wildman–Crippen MR) is 110 cm³/mol. The minimum Gasteiger partial charge on any atom is -0.493 e. The molecule has 0 saturated carbocycles. The Hall–Kier alpha value is -3.75. The van der Waals surface area contributed by atoms with Crippen molar-refractivity contribution in [1.29, 1.82) is 0 Å². The monoisotopic (exact) mass is 428 g/mol. The maximum absolute atomic E-state index is 12.7. The summed E-state index contributed by atoms with van der Waals surface area (Å²) >= 11 is 0. The van der Waals surface area contributed by atoms with Crippen LogP contribution in [-0.2, 0) is 16.1 Å². The molecule has 0 radical (unpaired) electrons.